The SMILES string of the molecule is CC(C)(O)c1cc(N)c(C=NC2CCCCC2)cc1NC(=O)c1ccc2cc(C#N)cnn12.O=C1CCC(Nc2ccc(N3CCC(N4CCNCC4)CC3)c(F)c2)C(=O)N1. The molecule has 322 valence electrons. The second-order valence-corrected chi connectivity index (χ2v) is 16.8. The number of anilines is 4. The van der Waals surface area contributed by atoms with Gasteiger partial charge in [-0.1, -0.05) is 19.3 Å². The van der Waals surface area contributed by atoms with Gasteiger partial charge in [0.25, 0.3) is 5.91 Å². The lowest BCUT2D eigenvalue weighted by Crippen LogP contribution is -2.52. The van der Waals surface area contributed by atoms with Gasteiger partial charge in [-0.05, 0) is 94.5 Å². The van der Waals surface area contributed by atoms with Crippen molar-refractivity contribution in [2.45, 2.75) is 95.4 Å². The van der Waals surface area contributed by atoms with E-state index < -0.39 is 17.6 Å². The first-order valence-electron chi connectivity index (χ1n) is 21.3. The van der Waals surface area contributed by atoms with Crippen LogP contribution in [0.2, 0.25) is 0 Å². The van der Waals surface area contributed by atoms with Gasteiger partial charge < -0.3 is 31.7 Å². The molecular formula is C45H56FN11O4. The number of aliphatic hydroxyl groups is 1. The second-order valence-electron chi connectivity index (χ2n) is 16.8. The van der Waals surface area contributed by atoms with Gasteiger partial charge in [-0.15, -0.1) is 0 Å². The van der Waals surface area contributed by atoms with E-state index in [1.54, 1.807) is 56.5 Å². The number of carbonyl (C=O) groups excluding carboxylic acids is 3. The zero-order valence-electron chi connectivity index (χ0n) is 34.9. The zero-order chi connectivity index (χ0) is 43.1. The Hall–Kier alpha value is -5.89. The molecule has 1 unspecified atom stereocenters. The minimum atomic E-state index is -1.23. The summed E-state index contributed by atoms with van der Waals surface area (Å²) in [6.07, 6.45) is 11.8. The molecule has 1 atom stereocenters. The Morgan fingerprint density at radius 3 is 2.46 bits per heavy atom. The molecule has 16 heteroatoms. The maximum Gasteiger partial charge on any atom is 0.274 e. The first-order chi connectivity index (χ1) is 29.4. The highest BCUT2D eigenvalue weighted by molar-refractivity contribution is 6.05. The summed E-state index contributed by atoms with van der Waals surface area (Å²) in [5.41, 5.74) is 9.73. The van der Waals surface area contributed by atoms with Gasteiger partial charge in [-0.25, -0.2) is 8.91 Å². The maximum absolute atomic E-state index is 14.7. The molecular weight excluding hydrogens is 778 g/mol. The third kappa shape index (κ3) is 10.7. The number of rotatable bonds is 9. The molecule has 2 aromatic heterocycles. The number of carbonyl (C=O) groups is 3. The Bertz CT molecular complexity index is 2300. The van der Waals surface area contributed by atoms with Crippen molar-refractivity contribution < 1.29 is 23.9 Å². The van der Waals surface area contributed by atoms with Crippen LogP contribution in [0.5, 0.6) is 0 Å². The number of piperazine rings is 1. The first-order valence-corrected chi connectivity index (χ1v) is 21.3. The number of amides is 3. The quantitative estimate of drug-likeness (QED) is 0.0758. The van der Waals surface area contributed by atoms with E-state index in [0.29, 0.717) is 75.6 Å². The Balaban J connectivity index is 0.000000186. The number of nitriles is 1. The zero-order valence-corrected chi connectivity index (χ0v) is 34.9. The number of hydrogen-bond acceptors (Lipinski definition) is 12. The van der Waals surface area contributed by atoms with E-state index >= 15 is 0 Å². The fraction of sp³-hybridized carbons (Fsp3) is 0.467. The van der Waals surface area contributed by atoms with E-state index in [0.717, 1.165) is 65.0 Å². The van der Waals surface area contributed by atoms with Crippen molar-refractivity contribution in [1.29, 1.82) is 5.26 Å². The average Bonchev–Trinajstić information content (AvgIpc) is 3.69. The summed E-state index contributed by atoms with van der Waals surface area (Å²) in [6.45, 7) is 9.29. The summed E-state index contributed by atoms with van der Waals surface area (Å²) >= 11 is 0. The predicted octanol–water partition coefficient (Wildman–Crippen LogP) is 4.94. The van der Waals surface area contributed by atoms with E-state index in [4.69, 9.17) is 16.0 Å². The highest BCUT2D eigenvalue weighted by Gasteiger charge is 2.29. The lowest BCUT2D eigenvalue weighted by atomic mass is 9.93. The molecule has 15 nitrogen and oxygen atoms in total. The van der Waals surface area contributed by atoms with Crippen molar-refractivity contribution in [2.24, 2.45) is 4.99 Å². The number of hydrogen-bond donors (Lipinski definition) is 6. The molecule has 3 saturated heterocycles. The molecule has 1 saturated carbocycles. The molecule has 4 aliphatic rings. The number of nitrogens with zero attached hydrogens (tertiary/aromatic N) is 6. The molecule has 3 aliphatic heterocycles. The van der Waals surface area contributed by atoms with Gasteiger partial charge in [0.15, 0.2) is 0 Å². The molecule has 0 spiro atoms. The van der Waals surface area contributed by atoms with Crippen LogP contribution in [0.25, 0.3) is 5.52 Å². The van der Waals surface area contributed by atoms with Crippen LogP contribution < -0.4 is 31.9 Å². The number of aromatic nitrogens is 2. The fourth-order valence-electron chi connectivity index (χ4n) is 8.59. The van der Waals surface area contributed by atoms with Crippen LogP contribution in [-0.4, -0.2) is 101 Å². The third-order valence-corrected chi connectivity index (χ3v) is 12.0. The summed E-state index contributed by atoms with van der Waals surface area (Å²) in [4.78, 5) is 45.6. The molecule has 2 aromatic carbocycles. The van der Waals surface area contributed by atoms with E-state index in [9.17, 15) is 23.9 Å². The molecule has 4 fully saturated rings. The Labute approximate surface area is 355 Å². The molecule has 8 rings (SSSR count). The molecule has 7 N–H and O–H groups in total. The molecule has 61 heavy (non-hydrogen) atoms. The smallest absolute Gasteiger partial charge is 0.274 e. The first kappa shape index (κ1) is 43.2. The minimum absolute atomic E-state index is 0.256. The van der Waals surface area contributed by atoms with Crippen molar-refractivity contribution >= 4 is 52.2 Å². The molecule has 0 bridgehead atoms. The van der Waals surface area contributed by atoms with Crippen LogP contribution >= 0.6 is 0 Å². The van der Waals surface area contributed by atoms with Crippen molar-refractivity contribution in [3.8, 4) is 6.07 Å². The Morgan fingerprint density at radius 2 is 1.77 bits per heavy atom. The summed E-state index contributed by atoms with van der Waals surface area (Å²) in [5.74, 6) is -1.28. The van der Waals surface area contributed by atoms with Gasteiger partial charge in [0.2, 0.25) is 11.8 Å². The van der Waals surface area contributed by atoms with Crippen LogP contribution in [-0.2, 0) is 15.2 Å². The number of benzene rings is 2. The Kier molecular flexibility index (Phi) is 13.6. The van der Waals surface area contributed by atoms with Crippen molar-refractivity contribution in [3.63, 3.8) is 0 Å². The van der Waals surface area contributed by atoms with Crippen LogP contribution in [0.4, 0.5) is 27.1 Å². The summed E-state index contributed by atoms with van der Waals surface area (Å²) < 4.78 is 16.2. The normalized spacial score (nSPS) is 19.6. The number of halogens is 1. The van der Waals surface area contributed by atoms with Gasteiger partial charge in [-0.3, -0.25) is 29.6 Å². The van der Waals surface area contributed by atoms with Gasteiger partial charge in [0, 0.05) is 92.2 Å². The average molecular weight is 834 g/mol. The minimum Gasteiger partial charge on any atom is -0.398 e. The van der Waals surface area contributed by atoms with Gasteiger partial charge >= 0.3 is 0 Å². The second kappa shape index (κ2) is 19.2. The van der Waals surface area contributed by atoms with Gasteiger partial charge in [0.05, 0.1) is 28.6 Å². The monoisotopic (exact) mass is 833 g/mol. The van der Waals surface area contributed by atoms with Crippen LogP contribution in [0.1, 0.15) is 98.8 Å². The van der Waals surface area contributed by atoms with E-state index in [-0.39, 0.29) is 17.6 Å². The summed E-state index contributed by atoms with van der Waals surface area (Å²) in [7, 11) is 0. The largest absolute Gasteiger partial charge is 0.398 e. The summed E-state index contributed by atoms with van der Waals surface area (Å²) in [6, 6.07) is 15.9. The van der Waals surface area contributed by atoms with Crippen molar-refractivity contribution in [1.82, 2.24) is 25.1 Å². The van der Waals surface area contributed by atoms with Crippen LogP contribution in [0.3, 0.4) is 0 Å². The number of nitrogen functional groups attached to an aromatic ring is 1. The van der Waals surface area contributed by atoms with Crippen LogP contribution in [0, 0.1) is 17.1 Å². The molecule has 1 aliphatic carbocycles. The number of imide groups is 1. The van der Waals surface area contributed by atoms with E-state index in [1.165, 1.54) is 36.0 Å². The van der Waals surface area contributed by atoms with E-state index in [2.05, 4.69) is 36.2 Å². The van der Waals surface area contributed by atoms with Gasteiger partial charge in [0.1, 0.15) is 23.6 Å². The third-order valence-electron chi connectivity index (χ3n) is 12.0. The topological polar surface area (TPSA) is 206 Å². The van der Waals surface area contributed by atoms with Gasteiger partial charge in [-0.2, -0.15) is 10.4 Å². The van der Waals surface area contributed by atoms with Crippen LogP contribution in [0.15, 0.2) is 59.7 Å². The standard InChI is InChI=1S/C25H28N6O2.C20H28FN5O2/c1-25(2,33)20-12-21(27)17(15-28-18-6-4-3-5-7-18)11-22(20)30-24(32)23-9-8-19-10-16(13-26)14-29-31(19)23;21-16-13-14(23-17-2-4-19(27)24-20(17)28)1-3-18(16)26-9-5-15(6-10-26)25-11-7-22-8-12-25/h8-12,14-15,18,33H,3-7,27H2,1-2H3,(H,30,32);1,3,13,15,17,22-23H,2,4-12H2,(H,24,27,28). The van der Waals surface area contributed by atoms with Crippen molar-refractivity contribution in [2.75, 3.05) is 60.5 Å². The molecule has 3 amide bonds. The molecule has 0 radical (unpaired) electrons. The number of aliphatic imine (C=N–C) groups is 1. The number of nitrogens with one attached hydrogen (secondary N) is 4. The lowest BCUT2D eigenvalue weighted by Gasteiger charge is -2.41. The van der Waals surface area contributed by atoms with Crippen molar-refractivity contribution in [3.05, 3.63) is 82.9 Å². The Morgan fingerprint density at radius 1 is 1.02 bits per heavy atom. The summed E-state index contributed by atoms with van der Waals surface area (Å²) in [5, 5.41) is 35.6. The van der Waals surface area contributed by atoms with E-state index in [1.807, 2.05) is 12.1 Å². The molecule has 4 aromatic rings. The molecule has 5 heterocycles. The fourth-order valence-corrected chi connectivity index (χ4v) is 8.59. The number of fused-ring (bicyclic) bond motifs is 1. The highest BCUT2D eigenvalue weighted by atomic mass is 19.1. The lowest BCUT2D eigenvalue weighted by molar-refractivity contribution is -0.133. The number of nitrogens with two attached hydrogens (primary N) is 1. The number of piperidine rings is 2. The highest BCUT2D eigenvalue weighted by Crippen LogP contribution is 2.33. The predicted molar refractivity (Wildman–Crippen MR) is 234 cm³/mol. The maximum atomic E-state index is 14.7.